The zero-order valence-electron chi connectivity index (χ0n) is 18.1. The number of hydrogen-bond donors (Lipinski definition) is 3. The number of anilines is 3. The fraction of sp³-hybridized carbons (Fsp3) is 0.208. The number of carbonyl (C=O) groups excluding carboxylic acids is 1. The van der Waals surface area contributed by atoms with Crippen LogP contribution in [0.15, 0.2) is 83.0 Å². The number of carbonyl (C=O) groups is 1. The molecule has 0 aliphatic rings. The molecule has 0 bridgehead atoms. The predicted octanol–water partition coefficient (Wildman–Crippen LogP) is 4.35. The number of para-hydroxylation sites is 2. The SMILES string of the molecule is CN(CCOCCN)c1ccc(N=Nc2ccc(C(=O)Nc3ccccc3N)cc2)cc1. The molecule has 3 rings (SSSR count). The lowest BCUT2D eigenvalue weighted by atomic mass is 10.2. The van der Waals surface area contributed by atoms with Crippen molar-refractivity contribution in [3.63, 3.8) is 0 Å². The Balaban J connectivity index is 1.55. The first-order valence-electron chi connectivity index (χ1n) is 10.3. The molecule has 0 saturated heterocycles. The summed E-state index contributed by atoms with van der Waals surface area (Å²) in [4.78, 5) is 14.5. The highest BCUT2D eigenvalue weighted by molar-refractivity contribution is 6.05. The summed E-state index contributed by atoms with van der Waals surface area (Å²) in [5.74, 6) is -0.237. The molecule has 1 amide bonds. The second-order valence-electron chi connectivity index (χ2n) is 7.13. The van der Waals surface area contributed by atoms with Crippen LogP contribution in [0.1, 0.15) is 10.4 Å². The lowest BCUT2D eigenvalue weighted by molar-refractivity contribution is 0.102. The smallest absolute Gasteiger partial charge is 0.255 e. The van der Waals surface area contributed by atoms with Gasteiger partial charge in [0.15, 0.2) is 0 Å². The van der Waals surface area contributed by atoms with E-state index in [0.29, 0.717) is 42.4 Å². The van der Waals surface area contributed by atoms with Gasteiger partial charge in [-0.1, -0.05) is 12.1 Å². The van der Waals surface area contributed by atoms with Crippen molar-refractivity contribution < 1.29 is 9.53 Å². The minimum atomic E-state index is -0.237. The molecule has 3 aromatic carbocycles. The van der Waals surface area contributed by atoms with Crippen LogP contribution in [0.4, 0.5) is 28.4 Å². The molecular weight excluding hydrogens is 404 g/mol. The average Bonchev–Trinajstić information content (AvgIpc) is 2.82. The predicted molar refractivity (Wildman–Crippen MR) is 129 cm³/mol. The second-order valence-corrected chi connectivity index (χ2v) is 7.13. The van der Waals surface area contributed by atoms with E-state index < -0.39 is 0 Å². The number of azo groups is 1. The number of amides is 1. The van der Waals surface area contributed by atoms with Crippen LogP contribution in [-0.4, -0.2) is 39.3 Å². The number of benzene rings is 3. The Bertz CT molecular complexity index is 1040. The lowest BCUT2D eigenvalue weighted by Crippen LogP contribution is -2.23. The monoisotopic (exact) mass is 432 g/mol. The number of rotatable bonds is 10. The molecule has 8 nitrogen and oxygen atoms in total. The third-order valence-electron chi connectivity index (χ3n) is 4.74. The van der Waals surface area contributed by atoms with Crippen LogP contribution in [0.25, 0.3) is 0 Å². The molecular formula is C24H28N6O2. The first kappa shape index (κ1) is 22.9. The highest BCUT2D eigenvalue weighted by atomic mass is 16.5. The zero-order valence-corrected chi connectivity index (χ0v) is 18.1. The minimum absolute atomic E-state index is 0.237. The van der Waals surface area contributed by atoms with Gasteiger partial charge >= 0.3 is 0 Å². The Labute approximate surface area is 187 Å². The summed E-state index contributed by atoms with van der Waals surface area (Å²) < 4.78 is 5.41. The normalized spacial score (nSPS) is 10.9. The van der Waals surface area contributed by atoms with Gasteiger partial charge in [0.05, 0.1) is 36.0 Å². The maximum absolute atomic E-state index is 12.4. The molecule has 0 heterocycles. The zero-order chi connectivity index (χ0) is 22.8. The van der Waals surface area contributed by atoms with Crippen molar-refractivity contribution in [3.05, 3.63) is 78.4 Å². The van der Waals surface area contributed by atoms with Gasteiger partial charge in [0, 0.05) is 31.4 Å². The molecule has 5 N–H and O–H groups in total. The van der Waals surface area contributed by atoms with Crippen LogP contribution in [0.3, 0.4) is 0 Å². The molecule has 0 saturated carbocycles. The van der Waals surface area contributed by atoms with Gasteiger partial charge in [-0.15, -0.1) is 0 Å². The van der Waals surface area contributed by atoms with Gasteiger partial charge in [0.1, 0.15) is 0 Å². The van der Waals surface area contributed by atoms with Crippen molar-refractivity contribution in [2.45, 2.75) is 0 Å². The summed E-state index contributed by atoms with van der Waals surface area (Å²) >= 11 is 0. The maximum Gasteiger partial charge on any atom is 0.255 e. The molecule has 0 aromatic heterocycles. The number of nitrogens with one attached hydrogen (secondary N) is 1. The standard InChI is InChI=1S/C24H28N6O2/c1-30(15-17-32-16-14-25)21-12-10-20(11-13-21)29-28-19-8-6-18(7-9-19)24(31)27-23-5-3-2-4-22(23)26/h2-13H,14-17,25-26H2,1H3,(H,27,31). The molecule has 3 aromatic rings. The minimum Gasteiger partial charge on any atom is -0.397 e. The molecule has 0 aliphatic heterocycles. The maximum atomic E-state index is 12.4. The Kier molecular flexibility index (Phi) is 8.30. The van der Waals surface area contributed by atoms with Crippen LogP contribution in [-0.2, 0) is 4.74 Å². The van der Waals surface area contributed by atoms with E-state index >= 15 is 0 Å². The lowest BCUT2D eigenvalue weighted by Gasteiger charge is -2.19. The molecule has 0 aliphatic carbocycles. The van der Waals surface area contributed by atoms with Crippen molar-refractivity contribution in [1.82, 2.24) is 0 Å². The summed E-state index contributed by atoms with van der Waals surface area (Å²) in [6.07, 6.45) is 0. The van der Waals surface area contributed by atoms with E-state index in [-0.39, 0.29) is 5.91 Å². The number of ether oxygens (including phenoxy) is 1. The summed E-state index contributed by atoms with van der Waals surface area (Å²) in [5.41, 5.74) is 15.4. The van der Waals surface area contributed by atoms with Crippen LogP contribution in [0.2, 0.25) is 0 Å². The molecule has 0 fully saturated rings. The van der Waals surface area contributed by atoms with E-state index in [1.54, 1.807) is 36.4 Å². The number of nitrogen functional groups attached to an aromatic ring is 1. The summed E-state index contributed by atoms with van der Waals surface area (Å²) in [6.45, 7) is 2.50. The molecule has 0 unspecified atom stereocenters. The first-order valence-corrected chi connectivity index (χ1v) is 10.3. The fourth-order valence-corrected chi connectivity index (χ4v) is 2.89. The van der Waals surface area contributed by atoms with Crippen LogP contribution in [0.5, 0.6) is 0 Å². The third-order valence-corrected chi connectivity index (χ3v) is 4.74. The van der Waals surface area contributed by atoms with Crippen molar-refractivity contribution in [2.24, 2.45) is 16.0 Å². The summed E-state index contributed by atoms with van der Waals surface area (Å²) in [5, 5.41) is 11.3. The van der Waals surface area contributed by atoms with Crippen LogP contribution in [0, 0.1) is 0 Å². The first-order chi connectivity index (χ1) is 15.6. The number of nitrogens with two attached hydrogens (primary N) is 2. The number of hydrogen-bond acceptors (Lipinski definition) is 7. The largest absolute Gasteiger partial charge is 0.397 e. The van der Waals surface area contributed by atoms with Gasteiger partial charge in [-0.3, -0.25) is 4.79 Å². The highest BCUT2D eigenvalue weighted by Gasteiger charge is 2.07. The van der Waals surface area contributed by atoms with Gasteiger partial charge in [0.2, 0.25) is 0 Å². The third kappa shape index (κ3) is 6.63. The molecule has 0 atom stereocenters. The Morgan fingerprint density at radius 3 is 2.19 bits per heavy atom. The van der Waals surface area contributed by atoms with Gasteiger partial charge in [0.25, 0.3) is 5.91 Å². The topological polar surface area (TPSA) is 118 Å². The van der Waals surface area contributed by atoms with E-state index in [0.717, 1.165) is 17.9 Å². The average molecular weight is 433 g/mol. The highest BCUT2D eigenvalue weighted by Crippen LogP contribution is 2.23. The molecule has 166 valence electrons. The quantitative estimate of drug-likeness (QED) is 0.250. The van der Waals surface area contributed by atoms with E-state index in [1.807, 2.05) is 43.4 Å². The summed E-state index contributed by atoms with van der Waals surface area (Å²) in [7, 11) is 2.01. The van der Waals surface area contributed by atoms with E-state index in [2.05, 4.69) is 20.4 Å². The molecule has 0 radical (unpaired) electrons. The van der Waals surface area contributed by atoms with E-state index in [1.165, 1.54) is 0 Å². The van der Waals surface area contributed by atoms with Crippen LogP contribution >= 0.6 is 0 Å². The van der Waals surface area contributed by atoms with E-state index in [4.69, 9.17) is 16.2 Å². The van der Waals surface area contributed by atoms with Crippen LogP contribution < -0.4 is 21.7 Å². The molecule has 32 heavy (non-hydrogen) atoms. The van der Waals surface area contributed by atoms with Crippen molar-refractivity contribution in [2.75, 3.05) is 49.3 Å². The van der Waals surface area contributed by atoms with Crippen molar-refractivity contribution in [1.29, 1.82) is 0 Å². The fourth-order valence-electron chi connectivity index (χ4n) is 2.89. The van der Waals surface area contributed by atoms with Gasteiger partial charge in [-0.25, -0.2) is 0 Å². The Morgan fingerprint density at radius 2 is 1.56 bits per heavy atom. The van der Waals surface area contributed by atoms with Gasteiger partial charge < -0.3 is 26.4 Å². The number of likely N-dealkylation sites (N-methyl/N-ethyl adjacent to an activating group) is 1. The number of nitrogens with zero attached hydrogens (tertiary/aromatic N) is 3. The van der Waals surface area contributed by atoms with Gasteiger partial charge in [-0.2, -0.15) is 10.2 Å². The molecule has 8 heteroatoms. The summed E-state index contributed by atoms with van der Waals surface area (Å²) in [6, 6.07) is 21.8. The van der Waals surface area contributed by atoms with Gasteiger partial charge in [-0.05, 0) is 60.7 Å². The Morgan fingerprint density at radius 1 is 0.938 bits per heavy atom. The second kappa shape index (κ2) is 11.6. The van der Waals surface area contributed by atoms with Crippen molar-refractivity contribution >= 4 is 34.3 Å². The van der Waals surface area contributed by atoms with Crippen molar-refractivity contribution in [3.8, 4) is 0 Å². The molecule has 0 spiro atoms. The Hall–Kier alpha value is -3.75. The van der Waals surface area contributed by atoms with E-state index in [9.17, 15) is 4.79 Å².